The van der Waals surface area contributed by atoms with Crippen LogP contribution in [-0.2, 0) is 20.9 Å². The molecule has 1 N–H and O–H groups in total. The maximum atomic E-state index is 13.6. The minimum Gasteiger partial charge on any atom is -0.438 e. The predicted molar refractivity (Wildman–Crippen MR) is 125 cm³/mol. The number of likely N-dealkylation sites (tertiary alicyclic amines) is 1. The van der Waals surface area contributed by atoms with E-state index in [4.69, 9.17) is 4.74 Å². The molecule has 2 aliphatic rings. The molecule has 2 aromatic rings. The lowest BCUT2D eigenvalue weighted by atomic mass is 9.99. The summed E-state index contributed by atoms with van der Waals surface area (Å²) >= 11 is 0. The molecule has 0 saturated carbocycles. The number of hydrogen-bond donors (Lipinski definition) is 1. The maximum absolute atomic E-state index is 13.6. The largest absolute Gasteiger partial charge is 0.438 e. The van der Waals surface area contributed by atoms with Gasteiger partial charge in [0.15, 0.2) is 12.1 Å². The van der Waals surface area contributed by atoms with Crippen LogP contribution in [0.4, 0.5) is 10.5 Å². The van der Waals surface area contributed by atoms with Gasteiger partial charge >= 0.3 is 6.09 Å². The summed E-state index contributed by atoms with van der Waals surface area (Å²) in [5, 5.41) is 2.88. The normalized spacial score (nSPS) is 20.3. The van der Waals surface area contributed by atoms with Crippen LogP contribution in [0.5, 0.6) is 0 Å². The van der Waals surface area contributed by atoms with Gasteiger partial charge in [-0.05, 0) is 43.0 Å². The molecule has 2 atom stereocenters. The monoisotopic (exact) mass is 449 g/mol. The first-order valence-electron chi connectivity index (χ1n) is 11.6. The maximum Gasteiger partial charge on any atom is 0.411 e. The highest BCUT2D eigenvalue weighted by molar-refractivity contribution is 5.92. The summed E-state index contributed by atoms with van der Waals surface area (Å²) in [4.78, 5) is 42.1. The number of ether oxygens (including phenoxy) is 1. The number of cyclic esters (lactones) is 1. The molecule has 0 aliphatic carbocycles. The zero-order valence-electron chi connectivity index (χ0n) is 19.4. The zero-order valence-corrected chi connectivity index (χ0v) is 19.4. The van der Waals surface area contributed by atoms with Crippen LogP contribution in [0.25, 0.3) is 0 Å². The second-order valence-corrected chi connectivity index (χ2v) is 9.16. The second kappa shape index (κ2) is 9.65. The fourth-order valence-electron chi connectivity index (χ4n) is 4.29. The number of nitrogens with zero attached hydrogens (tertiary/aromatic N) is 2. The highest BCUT2D eigenvalue weighted by Gasteiger charge is 2.48. The summed E-state index contributed by atoms with van der Waals surface area (Å²) in [5.74, 6) is -0.346. The first-order valence-corrected chi connectivity index (χ1v) is 11.6. The minimum atomic E-state index is -0.757. The molecule has 2 unspecified atom stereocenters. The van der Waals surface area contributed by atoms with Crippen molar-refractivity contribution in [2.45, 2.75) is 52.3 Å². The highest BCUT2D eigenvalue weighted by Crippen LogP contribution is 2.36. The average Bonchev–Trinajstić information content (AvgIpc) is 3.44. The summed E-state index contributed by atoms with van der Waals surface area (Å²) in [7, 11) is 0. The van der Waals surface area contributed by atoms with E-state index in [2.05, 4.69) is 5.32 Å². The van der Waals surface area contributed by atoms with E-state index in [1.807, 2.05) is 56.0 Å². The molecule has 3 amide bonds. The van der Waals surface area contributed by atoms with Crippen LogP contribution in [0.15, 0.2) is 48.5 Å². The molecule has 174 valence electrons. The first-order chi connectivity index (χ1) is 15.8. The number of amides is 3. The summed E-state index contributed by atoms with van der Waals surface area (Å²) < 4.78 is 5.78. The van der Waals surface area contributed by atoms with Gasteiger partial charge in [0.1, 0.15) is 0 Å². The Morgan fingerprint density at radius 2 is 1.79 bits per heavy atom. The number of benzene rings is 2. The van der Waals surface area contributed by atoms with E-state index < -0.39 is 18.2 Å². The zero-order chi connectivity index (χ0) is 23.5. The van der Waals surface area contributed by atoms with Crippen LogP contribution in [0.3, 0.4) is 0 Å². The van der Waals surface area contributed by atoms with Gasteiger partial charge in [0, 0.05) is 24.7 Å². The molecule has 0 bridgehead atoms. The SMILES string of the molecule is Cc1ccc(CN2C(=O)OC(c3cccc(NC(=O)C(C)C)c3)C2C(=O)N2CCCC2)cc1. The Kier molecular flexibility index (Phi) is 6.67. The Hall–Kier alpha value is -3.35. The molecule has 4 rings (SSSR count). The molecule has 2 aromatic carbocycles. The molecule has 7 nitrogen and oxygen atoms in total. The number of hydrogen-bond acceptors (Lipinski definition) is 4. The van der Waals surface area contributed by atoms with Crippen molar-refractivity contribution in [1.82, 2.24) is 9.80 Å². The molecule has 0 radical (unpaired) electrons. The molecule has 2 heterocycles. The fourth-order valence-corrected chi connectivity index (χ4v) is 4.29. The van der Waals surface area contributed by atoms with E-state index in [1.54, 1.807) is 18.2 Å². The van der Waals surface area contributed by atoms with E-state index in [9.17, 15) is 14.4 Å². The van der Waals surface area contributed by atoms with Gasteiger partial charge in [0.25, 0.3) is 0 Å². The van der Waals surface area contributed by atoms with Gasteiger partial charge < -0.3 is 15.0 Å². The third kappa shape index (κ3) is 5.02. The Morgan fingerprint density at radius 3 is 2.45 bits per heavy atom. The van der Waals surface area contributed by atoms with Gasteiger partial charge in [0.2, 0.25) is 11.8 Å². The van der Waals surface area contributed by atoms with E-state index in [1.165, 1.54) is 4.90 Å². The molecular formula is C26H31N3O4. The van der Waals surface area contributed by atoms with Gasteiger partial charge in [-0.25, -0.2) is 4.79 Å². The standard InChI is InChI=1S/C26H31N3O4/c1-17(2)24(30)27-21-8-6-7-20(15-21)23-22(25(31)28-13-4-5-14-28)29(26(32)33-23)16-19-11-9-18(3)10-12-19/h6-12,15,17,22-23H,4-5,13-14,16H2,1-3H3,(H,27,30). The van der Waals surface area contributed by atoms with Crippen molar-refractivity contribution in [3.05, 3.63) is 65.2 Å². The topological polar surface area (TPSA) is 79.0 Å². The van der Waals surface area contributed by atoms with Crippen LogP contribution in [-0.4, -0.2) is 46.8 Å². The molecule has 2 saturated heterocycles. The highest BCUT2D eigenvalue weighted by atomic mass is 16.6. The summed E-state index contributed by atoms with van der Waals surface area (Å²) in [6.45, 7) is 7.34. The molecule has 2 fully saturated rings. The number of anilines is 1. The quantitative estimate of drug-likeness (QED) is 0.714. The summed E-state index contributed by atoms with van der Waals surface area (Å²) in [5.41, 5.74) is 3.38. The van der Waals surface area contributed by atoms with Crippen LogP contribution in [0.2, 0.25) is 0 Å². The van der Waals surface area contributed by atoms with Crippen molar-refractivity contribution in [2.75, 3.05) is 18.4 Å². The van der Waals surface area contributed by atoms with Crippen molar-refractivity contribution < 1.29 is 19.1 Å². The summed E-state index contributed by atoms with van der Waals surface area (Å²) in [6.07, 6.45) is 0.681. The molecule has 33 heavy (non-hydrogen) atoms. The smallest absolute Gasteiger partial charge is 0.411 e. The third-order valence-corrected chi connectivity index (χ3v) is 6.24. The van der Waals surface area contributed by atoms with Crippen molar-refractivity contribution >= 4 is 23.6 Å². The first kappa shape index (κ1) is 22.8. The lowest BCUT2D eigenvalue weighted by molar-refractivity contribution is -0.135. The molecule has 0 spiro atoms. The van der Waals surface area contributed by atoms with Crippen molar-refractivity contribution in [2.24, 2.45) is 5.92 Å². The lowest BCUT2D eigenvalue weighted by Gasteiger charge is -2.28. The van der Waals surface area contributed by atoms with E-state index in [0.717, 1.165) is 24.0 Å². The lowest BCUT2D eigenvalue weighted by Crippen LogP contribution is -2.47. The fraction of sp³-hybridized carbons (Fsp3) is 0.423. The summed E-state index contributed by atoms with van der Waals surface area (Å²) in [6, 6.07) is 14.4. The van der Waals surface area contributed by atoms with Gasteiger partial charge in [-0.2, -0.15) is 0 Å². The number of carbonyl (C=O) groups excluding carboxylic acids is 3. The average molecular weight is 450 g/mol. The Balaban J connectivity index is 1.64. The van der Waals surface area contributed by atoms with Crippen LogP contribution in [0, 0.1) is 12.8 Å². The van der Waals surface area contributed by atoms with Crippen LogP contribution in [0.1, 0.15) is 49.5 Å². The molecule has 7 heteroatoms. The van der Waals surface area contributed by atoms with E-state index in [-0.39, 0.29) is 17.7 Å². The van der Waals surface area contributed by atoms with E-state index in [0.29, 0.717) is 30.9 Å². The van der Waals surface area contributed by atoms with Gasteiger partial charge in [-0.3, -0.25) is 14.5 Å². The van der Waals surface area contributed by atoms with Crippen LogP contribution < -0.4 is 5.32 Å². The van der Waals surface area contributed by atoms with Crippen LogP contribution >= 0.6 is 0 Å². The Morgan fingerprint density at radius 1 is 1.09 bits per heavy atom. The predicted octanol–water partition coefficient (Wildman–Crippen LogP) is 4.27. The van der Waals surface area contributed by atoms with Gasteiger partial charge in [0.05, 0.1) is 6.54 Å². The third-order valence-electron chi connectivity index (χ3n) is 6.24. The van der Waals surface area contributed by atoms with Gasteiger partial charge in [-0.15, -0.1) is 0 Å². The van der Waals surface area contributed by atoms with Crippen molar-refractivity contribution in [3.8, 4) is 0 Å². The molecule has 2 aliphatic heterocycles. The molecule has 0 aromatic heterocycles. The number of nitrogens with one attached hydrogen (secondary N) is 1. The Bertz CT molecular complexity index is 1030. The number of rotatable bonds is 6. The van der Waals surface area contributed by atoms with Crippen molar-refractivity contribution in [3.63, 3.8) is 0 Å². The van der Waals surface area contributed by atoms with Gasteiger partial charge in [-0.1, -0.05) is 55.8 Å². The molecular weight excluding hydrogens is 418 g/mol. The number of carbonyl (C=O) groups is 3. The van der Waals surface area contributed by atoms with E-state index >= 15 is 0 Å². The Labute approximate surface area is 194 Å². The van der Waals surface area contributed by atoms with Crippen molar-refractivity contribution in [1.29, 1.82) is 0 Å². The second-order valence-electron chi connectivity index (χ2n) is 9.16. The number of aryl methyl sites for hydroxylation is 1. The minimum absolute atomic E-state index is 0.0907.